The predicted octanol–water partition coefficient (Wildman–Crippen LogP) is 0.786. The Hall–Kier alpha value is -1.75. The summed E-state index contributed by atoms with van der Waals surface area (Å²) in [6.07, 6.45) is 0.955. The van der Waals surface area contributed by atoms with Gasteiger partial charge in [0.1, 0.15) is 0 Å². The van der Waals surface area contributed by atoms with Crippen LogP contribution in [-0.2, 0) is 0 Å². The van der Waals surface area contributed by atoms with Gasteiger partial charge in [-0.2, -0.15) is 0 Å². The number of aromatic carboxylic acids is 1. The Morgan fingerprint density at radius 1 is 1.53 bits per heavy atom. The van der Waals surface area contributed by atoms with Crippen LogP contribution < -0.4 is 10.6 Å². The van der Waals surface area contributed by atoms with Crippen LogP contribution >= 0.6 is 0 Å². The number of aliphatic hydroxyl groups excluding tert-OH is 1. The van der Waals surface area contributed by atoms with Gasteiger partial charge in [0.2, 0.25) is 0 Å². The first-order valence-electron chi connectivity index (χ1n) is 5.60. The number of rotatable bonds is 3. The van der Waals surface area contributed by atoms with Gasteiger partial charge in [-0.25, -0.2) is 4.79 Å². The topological polar surface area (TPSA) is 86.8 Å². The molecule has 0 bridgehead atoms. The Balaban J connectivity index is 2.18. The van der Waals surface area contributed by atoms with Gasteiger partial charge in [-0.3, -0.25) is 0 Å². The Bertz CT molecular complexity index is 434. The molecule has 1 aliphatic rings. The van der Waals surface area contributed by atoms with Crippen LogP contribution in [0.2, 0.25) is 0 Å². The molecule has 0 amide bonds. The molecule has 1 unspecified atom stereocenters. The molecule has 1 heterocycles. The fourth-order valence-electron chi connectivity index (χ4n) is 2.16. The van der Waals surface area contributed by atoms with Crippen molar-refractivity contribution in [3.8, 4) is 0 Å². The molecule has 4 N–H and O–H groups in total. The number of carboxylic acids is 1. The second-order valence-electron chi connectivity index (χ2n) is 4.36. The smallest absolute Gasteiger partial charge is 0.337 e. The van der Waals surface area contributed by atoms with Gasteiger partial charge in [0.15, 0.2) is 0 Å². The summed E-state index contributed by atoms with van der Waals surface area (Å²) < 4.78 is 0. The van der Waals surface area contributed by atoms with Crippen LogP contribution in [0, 0.1) is 5.92 Å². The summed E-state index contributed by atoms with van der Waals surface area (Å²) in [5, 5.41) is 17.9. The SMILES string of the molecule is Nc1cc(N2CCC(CO)C2)ccc1C(=O)O. The van der Waals surface area contributed by atoms with Gasteiger partial charge in [-0.1, -0.05) is 0 Å². The van der Waals surface area contributed by atoms with E-state index < -0.39 is 5.97 Å². The molecule has 1 aromatic carbocycles. The summed E-state index contributed by atoms with van der Waals surface area (Å²) in [7, 11) is 0. The van der Waals surface area contributed by atoms with Gasteiger partial charge in [0.25, 0.3) is 0 Å². The molecule has 1 fully saturated rings. The second kappa shape index (κ2) is 4.63. The van der Waals surface area contributed by atoms with Crippen LogP contribution in [0.25, 0.3) is 0 Å². The van der Waals surface area contributed by atoms with E-state index in [9.17, 15) is 4.79 Å². The van der Waals surface area contributed by atoms with Gasteiger partial charge in [0.05, 0.1) is 5.56 Å². The molecule has 5 nitrogen and oxygen atoms in total. The number of carboxylic acid groups (broad SMARTS) is 1. The minimum absolute atomic E-state index is 0.131. The molecule has 1 saturated heterocycles. The quantitative estimate of drug-likeness (QED) is 0.675. The Labute approximate surface area is 99.5 Å². The van der Waals surface area contributed by atoms with Crippen LogP contribution in [0.5, 0.6) is 0 Å². The van der Waals surface area contributed by atoms with Crippen molar-refractivity contribution in [2.24, 2.45) is 5.92 Å². The third kappa shape index (κ3) is 2.34. The van der Waals surface area contributed by atoms with E-state index in [-0.39, 0.29) is 17.9 Å². The molecule has 17 heavy (non-hydrogen) atoms. The average Bonchev–Trinajstić information content (AvgIpc) is 2.76. The largest absolute Gasteiger partial charge is 0.478 e. The number of benzene rings is 1. The van der Waals surface area contributed by atoms with Crippen molar-refractivity contribution >= 4 is 17.3 Å². The van der Waals surface area contributed by atoms with Gasteiger partial charge in [-0.15, -0.1) is 0 Å². The highest BCUT2D eigenvalue weighted by Gasteiger charge is 2.22. The summed E-state index contributed by atoms with van der Waals surface area (Å²) in [4.78, 5) is 12.9. The maximum absolute atomic E-state index is 10.8. The monoisotopic (exact) mass is 236 g/mol. The third-order valence-electron chi connectivity index (χ3n) is 3.17. The minimum atomic E-state index is -1.01. The van der Waals surface area contributed by atoms with Crippen LogP contribution in [0.3, 0.4) is 0 Å². The maximum Gasteiger partial charge on any atom is 0.337 e. The maximum atomic E-state index is 10.8. The van der Waals surface area contributed by atoms with Crippen LogP contribution in [0.15, 0.2) is 18.2 Å². The normalized spacial score (nSPS) is 19.6. The standard InChI is InChI=1S/C12H16N2O3/c13-11-5-9(1-2-10(11)12(16)17)14-4-3-8(6-14)7-15/h1-2,5,8,15H,3-4,6-7,13H2,(H,16,17). The molecule has 1 aromatic rings. The highest BCUT2D eigenvalue weighted by molar-refractivity contribution is 5.94. The fraction of sp³-hybridized carbons (Fsp3) is 0.417. The van der Waals surface area contributed by atoms with Crippen LogP contribution in [0.4, 0.5) is 11.4 Å². The molecule has 0 saturated carbocycles. The molecule has 1 atom stereocenters. The molecule has 0 spiro atoms. The Morgan fingerprint density at radius 3 is 2.82 bits per heavy atom. The molecule has 2 rings (SSSR count). The first-order chi connectivity index (χ1) is 8.11. The highest BCUT2D eigenvalue weighted by Crippen LogP contribution is 2.26. The van der Waals surface area contributed by atoms with E-state index in [1.54, 1.807) is 12.1 Å². The summed E-state index contributed by atoms with van der Waals surface area (Å²) in [5.74, 6) is -0.709. The molecular weight excluding hydrogens is 220 g/mol. The van der Waals surface area contributed by atoms with E-state index in [0.717, 1.165) is 25.2 Å². The first kappa shape index (κ1) is 11.7. The third-order valence-corrected chi connectivity index (χ3v) is 3.17. The molecule has 0 aromatic heterocycles. The van der Waals surface area contributed by atoms with Gasteiger partial charge < -0.3 is 20.8 Å². The van der Waals surface area contributed by atoms with Crippen molar-refractivity contribution < 1.29 is 15.0 Å². The van der Waals surface area contributed by atoms with E-state index in [0.29, 0.717) is 5.92 Å². The van der Waals surface area contributed by atoms with E-state index in [2.05, 4.69) is 4.90 Å². The lowest BCUT2D eigenvalue weighted by Gasteiger charge is -2.19. The second-order valence-corrected chi connectivity index (χ2v) is 4.36. The van der Waals surface area contributed by atoms with E-state index in [1.807, 2.05) is 0 Å². The fourth-order valence-corrected chi connectivity index (χ4v) is 2.16. The summed E-state index contributed by atoms with van der Waals surface area (Å²) in [6.45, 7) is 1.86. The van der Waals surface area contributed by atoms with Crippen molar-refractivity contribution in [2.75, 3.05) is 30.3 Å². The minimum Gasteiger partial charge on any atom is -0.478 e. The van der Waals surface area contributed by atoms with E-state index >= 15 is 0 Å². The Kier molecular flexibility index (Phi) is 3.19. The molecule has 1 aliphatic heterocycles. The number of nitrogen functional groups attached to an aromatic ring is 1. The van der Waals surface area contributed by atoms with Crippen molar-refractivity contribution in [1.82, 2.24) is 0 Å². The average molecular weight is 236 g/mol. The molecule has 0 radical (unpaired) electrons. The van der Waals surface area contributed by atoms with Crippen LogP contribution in [0.1, 0.15) is 16.8 Å². The predicted molar refractivity (Wildman–Crippen MR) is 65.2 cm³/mol. The lowest BCUT2D eigenvalue weighted by molar-refractivity contribution is 0.0698. The van der Waals surface area contributed by atoms with Crippen molar-refractivity contribution in [1.29, 1.82) is 0 Å². The number of aliphatic hydroxyl groups is 1. The zero-order valence-corrected chi connectivity index (χ0v) is 9.47. The zero-order chi connectivity index (χ0) is 12.4. The van der Waals surface area contributed by atoms with Gasteiger partial charge in [0, 0.05) is 37.0 Å². The molecule has 92 valence electrons. The number of anilines is 2. The number of hydrogen-bond donors (Lipinski definition) is 3. The van der Waals surface area contributed by atoms with Crippen molar-refractivity contribution in [3.63, 3.8) is 0 Å². The van der Waals surface area contributed by atoms with E-state index in [4.69, 9.17) is 15.9 Å². The van der Waals surface area contributed by atoms with Crippen molar-refractivity contribution in [3.05, 3.63) is 23.8 Å². The number of carbonyl (C=O) groups is 1. The van der Waals surface area contributed by atoms with Crippen molar-refractivity contribution in [2.45, 2.75) is 6.42 Å². The summed E-state index contributed by atoms with van der Waals surface area (Å²) >= 11 is 0. The molecular formula is C12H16N2O3. The van der Waals surface area contributed by atoms with Gasteiger partial charge in [-0.05, 0) is 24.6 Å². The first-order valence-corrected chi connectivity index (χ1v) is 5.60. The summed E-state index contributed by atoms with van der Waals surface area (Å²) in [5.41, 5.74) is 7.03. The zero-order valence-electron chi connectivity index (χ0n) is 9.47. The van der Waals surface area contributed by atoms with Crippen LogP contribution in [-0.4, -0.2) is 35.9 Å². The Morgan fingerprint density at radius 2 is 2.29 bits per heavy atom. The molecule has 5 heteroatoms. The molecule has 0 aliphatic carbocycles. The van der Waals surface area contributed by atoms with Gasteiger partial charge >= 0.3 is 5.97 Å². The number of hydrogen-bond acceptors (Lipinski definition) is 4. The summed E-state index contributed by atoms with van der Waals surface area (Å²) in [6, 6.07) is 4.97. The lowest BCUT2D eigenvalue weighted by atomic mass is 10.1. The van der Waals surface area contributed by atoms with E-state index in [1.165, 1.54) is 6.07 Å². The number of nitrogens with two attached hydrogens (primary N) is 1. The lowest BCUT2D eigenvalue weighted by Crippen LogP contribution is -2.21. The number of nitrogens with zero attached hydrogens (tertiary/aromatic N) is 1. The highest BCUT2D eigenvalue weighted by atomic mass is 16.4.